The van der Waals surface area contributed by atoms with Crippen LogP contribution in [0.1, 0.15) is 5.56 Å². The zero-order valence-corrected chi connectivity index (χ0v) is 16.9. The van der Waals surface area contributed by atoms with Gasteiger partial charge in [0.2, 0.25) is 0 Å². The monoisotopic (exact) mass is 510 g/mol. The summed E-state index contributed by atoms with van der Waals surface area (Å²) in [6.07, 6.45) is 1.22. The largest absolute Gasteiger partial charge is 0.506 e. The Kier molecular flexibility index (Phi) is 6.95. The molecule has 0 fully saturated rings. The highest BCUT2D eigenvalue weighted by Crippen LogP contribution is 2.40. The molecule has 132 valence electrons. The standard InChI is InChI=1S/C15H10Br2Cl2N2O4/c16-9-3-7(14(23)13(17)15(9)24)5-20-21-12(22)6-25-11-2-1-8(18)4-10(11)19/h1-5,23-24H,6H2,(H,21,22)/b20-5-. The van der Waals surface area contributed by atoms with Crippen LogP contribution in [0.5, 0.6) is 17.2 Å². The lowest BCUT2D eigenvalue weighted by molar-refractivity contribution is -0.123. The topological polar surface area (TPSA) is 91.2 Å². The predicted molar refractivity (Wildman–Crippen MR) is 103 cm³/mol. The van der Waals surface area contributed by atoms with E-state index in [2.05, 4.69) is 42.4 Å². The number of rotatable bonds is 5. The van der Waals surface area contributed by atoms with Gasteiger partial charge in [-0.15, -0.1) is 0 Å². The van der Waals surface area contributed by atoms with Crippen LogP contribution in [0.15, 0.2) is 38.3 Å². The van der Waals surface area contributed by atoms with Crippen molar-refractivity contribution in [2.45, 2.75) is 0 Å². The van der Waals surface area contributed by atoms with Crippen molar-refractivity contribution in [2.24, 2.45) is 5.10 Å². The smallest absolute Gasteiger partial charge is 0.277 e. The van der Waals surface area contributed by atoms with Gasteiger partial charge in [0.15, 0.2) is 6.61 Å². The summed E-state index contributed by atoms with van der Waals surface area (Å²) in [5, 5.41) is 24.0. The summed E-state index contributed by atoms with van der Waals surface area (Å²) in [5.74, 6) is -0.581. The zero-order chi connectivity index (χ0) is 18.6. The van der Waals surface area contributed by atoms with E-state index in [1.165, 1.54) is 18.3 Å². The first kappa shape index (κ1) is 19.8. The molecule has 1 amide bonds. The van der Waals surface area contributed by atoms with Gasteiger partial charge in [-0.1, -0.05) is 23.2 Å². The van der Waals surface area contributed by atoms with Gasteiger partial charge in [0.05, 0.1) is 15.7 Å². The number of halogens is 4. The highest BCUT2D eigenvalue weighted by atomic mass is 79.9. The van der Waals surface area contributed by atoms with E-state index in [4.69, 9.17) is 27.9 Å². The Balaban J connectivity index is 1.95. The van der Waals surface area contributed by atoms with Gasteiger partial charge in [0.25, 0.3) is 5.91 Å². The van der Waals surface area contributed by atoms with E-state index < -0.39 is 5.91 Å². The maximum absolute atomic E-state index is 11.7. The fourth-order valence-electron chi connectivity index (χ4n) is 1.66. The minimum absolute atomic E-state index is 0.107. The second kappa shape index (κ2) is 8.75. The van der Waals surface area contributed by atoms with Crippen LogP contribution in [0.25, 0.3) is 0 Å². The molecule has 0 aliphatic heterocycles. The highest BCUT2D eigenvalue weighted by molar-refractivity contribution is 9.11. The number of hydrogen-bond acceptors (Lipinski definition) is 5. The van der Waals surface area contributed by atoms with Gasteiger partial charge in [-0.25, -0.2) is 5.43 Å². The quantitative estimate of drug-likeness (QED) is 0.407. The van der Waals surface area contributed by atoms with Crippen molar-refractivity contribution in [3.8, 4) is 17.2 Å². The van der Waals surface area contributed by atoms with Crippen molar-refractivity contribution in [1.82, 2.24) is 5.43 Å². The number of aromatic hydroxyl groups is 2. The Hall–Kier alpha value is -1.48. The van der Waals surface area contributed by atoms with E-state index in [0.717, 1.165) is 0 Å². The first-order valence-corrected chi connectivity index (χ1v) is 8.93. The Morgan fingerprint density at radius 3 is 2.64 bits per heavy atom. The fraction of sp³-hybridized carbons (Fsp3) is 0.0667. The summed E-state index contributed by atoms with van der Waals surface area (Å²) in [4.78, 5) is 11.7. The molecule has 0 saturated carbocycles. The number of carbonyl (C=O) groups excluding carboxylic acids is 1. The number of nitrogens with one attached hydrogen (secondary N) is 1. The molecule has 0 bridgehead atoms. The van der Waals surface area contributed by atoms with Crippen molar-refractivity contribution >= 4 is 67.2 Å². The maximum Gasteiger partial charge on any atom is 0.277 e. The van der Waals surface area contributed by atoms with Gasteiger partial charge >= 0.3 is 0 Å². The van der Waals surface area contributed by atoms with Crippen molar-refractivity contribution in [2.75, 3.05) is 6.61 Å². The highest BCUT2D eigenvalue weighted by Gasteiger charge is 2.13. The Morgan fingerprint density at radius 2 is 1.96 bits per heavy atom. The fourth-order valence-corrected chi connectivity index (χ4v) is 3.27. The number of phenolic OH excluding ortho intramolecular Hbond substituents is 2. The Bertz CT molecular complexity index is 847. The molecule has 0 radical (unpaired) electrons. The van der Waals surface area contributed by atoms with Crippen molar-refractivity contribution in [3.63, 3.8) is 0 Å². The lowest BCUT2D eigenvalue weighted by Gasteiger charge is -2.07. The number of benzene rings is 2. The third kappa shape index (κ3) is 5.24. The average molecular weight is 513 g/mol. The molecule has 0 aromatic heterocycles. The third-order valence-corrected chi connectivity index (χ3v) is 4.73. The summed E-state index contributed by atoms with van der Waals surface area (Å²) in [7, 11) is 0. The molecule has 2 aromatic carbocycles. The molecule has 0 aliphatic carbocycles. The number of nitrogens with zero attached hydrogens (tertiary/aromatic N) is 1. The Morgan fingerprint density at radius 1 is 1.24 bits per heavy atom. The minimum Gasteiger partial charge on any atom is -0.506 e. The number of phenols is 2. The second-order valence-corrected chi connectivity index (χ2v) is 7.11. The van der Waals surface area contributed by atoms with Crippen molar-refractivity contribution < 1.29 is 19.7 Å². The van der Waals surface area contributed by atoms with Gasteiger partial charge in [-0.3, -0.25) is 4.79 Å². The zero-order valence-electron chi connectivity index (χ0n) is 12.3. The van der Waals surface area contributed by atoms with E-state index in [-0.39, 0.29) is 33.2 Å². The van der Waals surface area contributed by atoms with Crippen LogP contribution in [-0.2, 0) is 4.79 Å². The van der Waals surface area contributed by atoms with Gasteiger partial charge in [-0.05, 0) is 56.1 Å². The number of hydrogen-bond donors (Lipinski definition) is 3. The van der Waals surface area contributed by atoms with Crippen molar-refractivity contribution in [1.29, 1.82) is 0 Å². The third-order valence-electron chi connectivity index (χ3n) is 2.84. The van der Waals surface area contributed by atoms with E-state index in [1.807, 2.05) is 0 Å². The van der Waals surface area contributed by atoms with Crippen LogP contribution in [-0.4, -0.2) is 28.9 Å². The summed E-state index contributed by atoms with van der Waals surface area (Å²) >= 11 is 17.9. The van der Waals surface area contributed by atoms with E-state index >= 15 is 0 Å². The van der Waals surface area contributed by atoms with E-state index in [9.17, 15) is 15.0 Å². The normalized spacial score (nSPS) is 10.9. The second-order valence-electron chi connectivity index (χ2n) is 4.62. The molecule has 0 spiro atoms. The molecule has 2 rings (SSSR count). The summed E-state index contributed by atoms with van der Waals surface area (Å²) < 4.78 is 5.72. The van der Waals surface area contributed by atoms with Gasteiger partial charge < -0.3 is 14.9 Å². The lowest BCUT2D eigenvalue weighted by atomic mass is 10.2. The number of ether oxygens (including phenoxy) is 1. The van der Waals surface area contributed by atoms with E-state index in [0.29, 0.717) is 15.2 Å². The number of carbonyl (C=O) groups is 1. The molecule has 0 aliphatic rings. The van der Waals surface area contributed by atoms with Gasteiger partial charge in [0.1, 0.15) is 21.7 Å². The molecule has 2 aromatic rings. The number of hydrazone groups is 1. The molecule has 10 heteroatoms. The van der Waals surface area contributed by atoms with E-state index in [1.54, 1.807) is 12.1 Å². The van der Waals surface area contributed by atoms with Gasteiger partial charge in [0, 0.05) is 10.6 Å². The SMILES string of the molecule is O=C(COc1ccc(Cl)cc1Cl)N/N=C\c1cc(Br)c(O)c(Br)c1O. The molecular formula is C15H10Br2Cl2N2O4. The van der Waals surface area contributed by atoms with Crippen LogP contribution in [0.2, 0.25) is 10.0 Å². The molecule has 0 heterocycles. The van der Waals surface area contributed by atoms with Crippen molar-refractivity contribution in [3.05, 3.63) is 48.8 Å². The summed E-state index contributed by atoms with van der Waals surface area (Å²) in [5.41, 5.74) is 2.52. The Labute approximate surface area is 169 Å². The van der Waals surface area contributed by atoms with Gasteiger partial charge in [-0.2, -0.15) is 5.10 Å². The lowest BCUT2D eigenvalue weighted by Crippen LogP contribution is -2.24. The molecule has 25 heavy (non-hydrogen) atoms. The maximum atomic E-state index is 11.7. The first-order chi connectivity index (χ1) is 11.8. The van der Waals surface area contributed by atoms with Crippen LogP contribution in [0.3, 0.4) is 0 Å². The molecule has 3 N–H and O–H groups in total. The molecule has 0 saturated heterocycles. The van der Waals surface area contributed by atoms with Crippen LogP contribution < -0.4 is 10.2 Å². The molecule has 6 nitrogen and oxygen atoms in total. The number of amides is 1. The average Bonchev–Trinajstić information content (AvgIpc) is 2.56. The molecule has 0 atom stereocenters. The summed E-state index contributed by atoms with van der Waals surface area (Å²) in [6, 6.07) is 6.07. The molecule has 0 unspecified atom stereocenters. The molecular weight excluding hydrogens is 503 g/mol. The van der Waals surface area contributed by atoms with Crippen LogP contribution in [0, 0.1) is 0 Å². The summed E-state index contributed by atoms with van der Waals surface area (Å²) in [6.45, 7) is -0.312. The van der Waals surface area contributed by atoms with Crippen LogP contribution in [0.4, 0.5) is 0 Å². The first-order valence-electron chi connectivity index (χ1n) is 6.59. The van der Waals surface area contributed by atoms with Crippen LogP contribution >= 0.6 is 55.1 Å². The minimum atomic E-state index is -0.529. The predicted octanol–water partition coefficient (Wildman–Crippen LogP) is 4.46.